The number of carbonyl (C=O) groups is 1. The van der Waals surface area contributed by atoms with E-state index in [1.165, 1.54) is 0 Å². The number of sulfone groups is 1. The van der Waals surface area contributed by atoms with E-state index < -0.39 is 9.84 Å². The molecule has 33 heavy (non-hydrogen) atoms. The number of nitrogens with zero attached hydrogens (tertiary/aromatic N) is 4. The average molecular weight is 462 g/mol. The summed E-state index contributed by atoms with van der Waals surface area (Å²) in [5.74, 6) is 0.277. The molecular formula is C24H23N5O3S. The van der Waals surface area contributed by atoms with Gasteiger partial charge in [0, 0.05) is 11.6 Å². The van der Waals surface area contributed by atoms with Crippen LogP contribution in [0.25, 0.3) is 16.9 Å². The van der Waals surface area contributed by atoms with Crippen molar-refractivity contribution in [1.82, 2.24) is 19.6 Å². The highest BCUT2D eigenvalue weighted by Gasteiger charge is 2.31. The van der Waals surface area contributed by atoms with Crippen molar-refractivity contribution in [1.29, 1.82) is 0 Å². The fourth-order valence-corrected chi connectivity index (χ4v) is 5.79. The summed E-state index contributed by atoms with van der Waals surface area (Å²) in [6.07, 6.45) is 0.479. The lowest BCUT2D eigenvalue weighted by Crippen LogP contribution is -2.21. The maximum absolute atomic E-state index is 13.4. The van der Waals surface area contributed by atoms with Gasteiger partial charge in [0.05, 0.1) is 34.6 Å². The molecule has 1 saturated heterocycles. The summed E-state index contributed by atoms with van der Waals surface area (Å²) in [4.78, 5) is 13.4. The molecule has 3 heterocycles. The Morgan fingerprint density at radius 3 is 2.36 bits per heavy atom. The van der Waals surface area contributed by atoms with E-state index in [2.05, 4.69) is 10.4 Å². The van der Waals surface area contributed by atoms with Crippen LogP contribution in [0.15, 0.2) is 72.8 Å². The van der Waals surface area contributed by atoms with Gasteiger partial charge in [-0.3, -0.25) is 4.79 Å². The van der Waals surface area contributed by atoms with E-state index in [1.807, 2.05) is 67.6 Å². The molecule has 1 atom stereocenters. The van der Waals surface area contributed by atoms with Crippen LogP contribution in [0.1, 0.15) is 28.6 Å². The van der Waals surface area contributed by atoms with Crippen LogP contribution < -0.4 is 5.32 Å². The minimum Gasteiger partial charge on any atom is -0.305 e. The quantitative estimate of drug-likeness (QED) is 0.489. The van der Waals surface area contributed by atoms with E-state index in [4.69, 9.17) is 5.10 Å². The molecule has 1 aliphatic heterocycles. The second-order valence-corrected chi connectivity index (χ2v) is 10.4. The molecule has 0 spiro atoms. The number of nitrogens with one attached hydrogen (secondary N) is 1. The van der Waals surface area contributed by atoms with Crippen molar-refractivity contribution in [3.63, 3.8) is 0 Å². The van der Waals surface area contributed by atoms with Gasteiger partial charge in [0.2, 0.25) is 0 Å². The minimum atomic E-state index is -3.09. The molecule has 0 bridgehead atoms. The maximum atomic E-state index is 13.4. The molecule has 1 fully saturated rings. The number of rotatable bonds is 5. The average Bonchev–Trinajstić information content (AvgIpc) is 3.51. The minimum absolute atomic E-state index is 0.0249. The first-order valence-corrected chi connectivity index (χ1v) is 12.5. The number of hydrogen-bond donors (Lipinski definition) is 1. The third-order valence-corrected chi connectivity index (χ3v) is 7.42. The third kappa shape index (κ3) is 4.31. The smallest absolute Gasteiger partial charge is 0.275 e. The Balaban J connectivity index is 1.51. The van der Waals surface area contributed by atoms with Crippen LogP contribution in [-0.4, -0.2) is 45.4 Å². The molecule has 5 rings (SSSR count). The molecule has 0 aliphatic carbocycles. The van der Waals surface area contributed by atoms with Gasteiger partial charge in [-0.2, -0.15) is 10.2 Å². The molecule has 1 amide bonds. The number of hydrogen-bond acceptors (Lipinski definition) is 5. The molecular weight excluding hydrogens is 438 g/mol. The highest BCUT2D eigenvalue weighted by atomic mass is 32.2. The van der Waals surface area contributed by atoms with Gasteiger partial charge in [-0.25, -0.2) is 17.8 Å². The molecule has 0 saturated carbocycles. The molecule has 2 aromatic carbocycles. The topological polar surface area (TPSA) is 98.9 Å². The van der Waals surface area contributed by atoms with Crippen LogP contribution in [0.2, 0.25) is 0 Å². The van der Waals surface area contributed by atoms with E-state index in [0.29, 0.717) is 29.3 Å². The monoisotopic (exact) mass is 461 g/mol. The maximum Gasteiger partial charge on any atom is 0.275 e. The molecule has 0 unspecified atom stereocenters. The number of aromatic nitrogens is 4. The third-order valence-electron chi connectivity index (χ3n) is 5.67. The Hall–Kier alpha value is -3.72. The number of aryl methyl sites for hydroxylation is 1. The van der Waals surface area contributed by atoms with Gasteiger partial charge in [0.15, 0.2) is 9.84 Å². The molecule has 1 aliphatic rings. The summed E-state index contributed by atoms with van der Waals surface area (Å²) in [7, 11) is -3.09. The van der Waals surface area contributed by atoms with Gasteiger partial charge in [0.25, 0.3) is 5.91 Å². The molecule has 1 N–H and O–H groups in total. The Morgan fingerprint density at radius 1 is 1.00 bits per heavy atom. The van der Waals surface area contributed by atoms with Gasteiger partial charge in [-0.15, -0.1) is 0 Å². The number of carbonyl (C=O) groups excluding carboxylic acids is 1. The molecule has 4 aromatic rings. The predicted molar refractivity (Wildman–Crippen MR) is 126 cm³/mol. The second kappa shape index (κ2) is 8.32. The number of para-hydroxylation sites is 1. The van der Waals surface area contributed by atoms with Crippen molar-refractivity contribution < 1.29 is 13.2 Å². The fourth-order valence-electron chi connectivity index (χ4n) is 4.10. The van der Waals surface area contributed by atoms with Gasteiger partial charge in [-0.1, -0.05) is 48.5 Å². The van der Waals surface area contributed by atoms with Gasteiger partial charge >= 0.3 is 0 Å². The van der Waals surface area contributed by atoms with Crippen molar-refractivity contribution in [3.8, 4) is 16.9 Å². The standard InChI is InChI=1S/C24H23N5O3S/c1-17-14-23(29(26-17)20-12-13-33(31,32)16-20)25-24(30)22-15-21(18-8-4-2-5-9-18)27-28(22)19-10-6-3-7-11-19/h2-11,14-15,20H,12-13,16H2,1H3,(H,25,30)/t20-/m0/s1. The first-order valence-electron chi connectivity index (χ1n) is 10.7. The van der Waals surface area contributed by atoms with Crippen LogP contribution in [-0.2, 0) is 9.84 Å². The zero-order valence-electron chi connectivity index (χ0n) is 18.0. The lowest BCUT2D eigenvalue weighted by molar-refractivity contribution is 0.101. The molecule has 0 radical (unpaired) electrons. The molecule has 9 heteroatoms. The second-order valence-electron chi connectivity index (χ2n) is 8.15. The van der Waals surface area contributed by atoms with Crippen LogP contribution in [0.5, 0.6) is 0 Å². The van der Waals surface area contributed by atoms with Gasteiger partial charge in [0.1, 0.15) is 11.5 Å². The van der Waals surface area contributed by atoms with Gasteiger partial charge in [-0.05, 0) is 31.5 Å². The predicted octanol–water partition coefficient (Wildman–Crippen LogP) is 3.66. The number of anilines is 1. The first-order chi connectivity index (χ1) is 15.9. The van der Waals surface area contributed by atoms with Crippen molar-refractivity contribution >= 4 is 21.6 Å². The highest BCUT2D eigenvalue weighted by molar-refractivity contribution is 7.91. The Bertz CT molecular complexity index is 1410. The summed E-state index contributed by atoms with van der Waals surface area (Å²) >= 11 is 0. The van der Waals surface area contributed by atoms with Crippen LogP contribution in [0.3, 0.4) is 0 Å². The highest BCUT2D eigenvalue weighted by Crippen LogP contribution is 2.28. The van der Waals surface area contributed by atoms with Crippen LogP contribution in [0.4, 0.5) is 5.82 Å². The van der Waals surface area contributed by atoms with Crippen LogP contribution in [0, 0.1) is 6.92 Å². The van der Waals surface area contributed by atoms with E-state index in [-0.39, 0.29) is 23.5 Å². The molecule has 8 nitrogen and oxygen atoms in total. The number of benzene rings is 2. The molecule has 168 valence electrons. The summed E-state index contributed by atoms with van der Waals surface area (Å²) in [6, 6.07) is 22.3. The fraction of sp³-hybridized carbons (Fsp3) is 0.208. The first kappa shape index (κ1) is 21.1. The molecule has 2 aromatic heterocycles. The zero-order valence-corrected chi connectivity index (χ0v) is 18.9. The van der Waals surface area contributed by atoms with Crippen molar-refractivity contribution in [2.75, 3.05) is 16.8 Å². The van der Waals surface area contributed by atoms with E-state index >= 15 is 0 Å². The normalized spacial score (nSPS) is 17.2. The largest absolute Gasteiger partial charge is 0.305 e. The summed E-state index contributed by atoms with van der Waals surface area (Å²) in [5, 5.41) is 12.1. The summed E-state index contributed by atoms with van der Waals surface area (Å²) in [6.45, 7) is 1.82. The lowest BCUT2D eigenvalue weighted by Gasteiger charge is -2.14. The van der Waals surface area contributed by atoms with Crippen LogP contribution >= 0.6 is 0 Å². The van der Waals surface area contributed by atoms with Crippen molar-refractivity contribution in [2.24, 2.45) is 0 Å². The van der Waals surface area contributed by atoms with Gasteiger partial charge < -0.3 is 5.32 Å². The summed E-state index contributed by atoms with van der Waals surface area (Å²) in [5.41, 5.74) is 3.41. The number of amides is 1. The van der Waals surface area contributed by atoms with Crippen molar-refractivity contribution in [3.05, 3.63) is 84.2 Å². The Kier molecular flexibility index (Phi) is 5.33. The summed E-state index contributed by atoms with van der Waals surface area (Å²) < 4.78 is 27.2. The SMILES string of the molecule is Cc1cc(NC(=O)c2cc(-c3ccccc3)nn2-c2ccccc2)n([C@H]2CCS(=O)(=O)C2)n1. The zero-order chi connectivity index (χ0) is 23.0. The Morgan fingerprint density at radius 2 is 1.70 bits per heavy atom. The van der Waals surface area contributed by atoms with E-state index in [9.17, 15) is 13.2 Å². The van der Waals surface area contributed by atoms with E-state index in [1.54, 1.807) is 21.5 Å². The van der Waals surface area contributed by atoms with Crippen molar-refractivity contribution in [2.45, 2.75) is 19.4 Å². The lowest BCUT2D eigenvalue weighted by atomic mass is 10.1. The van der Waals surface area contributed by atoms with E-state index in [0.717, 1.165) is 11.3 Å². The Labute approximate surface area is 191 Å².